The summed E-state index contributed by atoms with van der Waals surface area (Å²) < 4.78 is 25.1. The normalized spacial score (nSPS) is 20.1. The third-order valence-electron chi connectivity index (χ3n) is 4.11. The summed E-state index contributed by atoms with van der Waals surface area (Å²) >= 11 is 0. The van der Waals surface area contributed by atoms with Crippen molar-refractivity contribution in [3.05, 3.63) is 35.9 Å². The molecule has 122 valence electrons. The third-order valence-corrected chi connectivity index (χ3v) is 4.87. The zero-order chi connectivity index (χ0) is 16.2. The van der Waals surface area contributed by atoms with Crippen LogP contribution in [-0.4, -0.2) is 44.6 Å². The van der Waals surface area contributed by atoms with Gasteiger partial charge in [-0.25, -0.2) is 13.1 Å². The Bertz CT molecular complexity index is 601. The highest BCUT2D eigenvalue weighted by atomic mass is 32.2. The van der Waals surface area contributed by atoms with E-state index >= 15 is 0 Å². The van der Waals surface area contributed by atoms with Crippen molar-refractivity contribution in [3.8, 4) is 0 Å². The molecule has 1 aromatic carbocycles. The Morgan fingerprint density at radius 3 is 2.64 bits per heavy atom. The highest BCUT2D eigenvalue weighted by Crippen LogP contribution is 2.25. The van der Waals surface area contributed by atoms with E-state index in [-0.39, 0.29) is 17.9 Å². The van der Waals surface area contributed by atoms with E-state index in [1.807, 2.05) is 18.2 Å². The van der Waals surface area contributed by atoms with Gasteiger partial charge in [-0.1, -0.05) is 37.3 Å². The molecular formula is C16H24N2O3S. The lowest BCUT2D eigenvalue weighted by atomic mass is 9.93. The molecule has 2 atom stereocenters. The van der Waals surface area contributed by atoms with Gasteiger partial charge in [0.1, 0.15) is 0 Å². The molecule has 6 heteroatoms. The number of hydrogen-bond donors (Lipinski definition) is 1. The minimum atomic E-state index is -3.22. The van der Waals surface area contributed by atoms with Crippen molar-refractivity contribution in [2.24, 2.45) is 0 Å². The first-order valence-electron chi connectivity index (χ1n) is 7.69. The largest absolute Gasteiger partial charge is 0.341 e. The van der Waals surface area contributed by atoms with Gasteiger partial charge in [0.2, 0.25) is 15.9 Å². The van der Waals surface area contributed by atoms with Gasteiger partial charge in [0.15, 0.2) is 0 Å². The van der Waals surface area contributed by atoms with Crippen LogP contribution < -0.4 is 4.72 Å². The molecule has 2 unspecified atom stereocenters. The second kappa shape index (κ2) is 7.24. The molecule has 2 rings (SSSR count). The molecule has 1 aliphatic heterocycles. The zero-order valence-corrected chi connectivity index (χ0v) is 14.0. The maximum absolute atomic E-state index is 12.4. The predicted octanol–water partition coefficient (Wildman–Crippen LogP) is 1.72. The van der Waals surface area contributed by atoms with E-state index in [9.17, 15) is 13.2 Å². The minimum absolute atomic E-state index is 0.105. The van der Waals surface area contributed by atoms with Crippen LogP contribution in [0.4, 0.5) is 0 Å². The summed E-state index contributed by atoms with van der Waals surface area (Å²) in [4.78, 5) is 14.2. The highest BCUT2D eigenvalue weighted by Gasteiger charge is 2.29. The van der Waals surface area contributed by atoms with E-state index < -0.39 is 10.0 Å². The van der Waals surface area contributed by atoms with Gasteiger partial charge in [-0.05, 0) is 24.3 Å². The summed E-state index contributed by atoms with van der Waals surface area (Å²) in [5, 5.41) is 0. The number of hydrogen-bond acceptors (Lipinski definition) is 3. The fourth-order valence-electron chi connectivity index (χ4n) is 2.95. The quantitative estimate of drug-likeness (QED) is 0.866. The second-order valence-corrected chi connectivity index (χ2v) is 7.72. The molecule has 1 heterocycles. The maximum Gasteiger partial charge on any atom is 0.223 e. The predicted molar refractivity (Wildman–Crippen MR) is 87.1 cm³/mol. The molecule has 1 aliphatic rings. The number of sulfonamides is 1. The summed E-state index contributed by atoms with van der Waals surface area (Å²) in [6.45, 7) is 3.18. The molecule has 1 saturated heterocycles. The summed E-state index contributed by atoms with van der Waals surface area (Å²) in [7, 11) is -3.22. The Morgan fingerprint density at radius 1 is 1.36 bits per heavy atom. The molecule has 1 amide bonds. The van der Waals surface area contributed by atoms with Gasteiger partial charge in [-0.15, -0.1) is 0 Å². The van der Waals surface area contributed by atoms with Crippen molar-refractivity contribution in [2.45, 2.75) is 38.1 Å². The minimum Gasteiger partial charge on any atom is -0.341 e. The molecule has 0 saturated carbocycles. The van der Waals surface area contributed by atoms with Crippen LogP contribution in [0.25, 0.3) is 0 Å². The van der Waals surface area contributed by atoms with Gasteiger partial charge >= 0.3 is 0 Å². The van der Waals surface area contributed by atoms with Crippen molar-refractivity contribution in [1.29, 1.82) is 0 Å². The Labute approximate surface area is 132 Å². The Morgan fingerprint density at radius 2 is 2.05 bits per heavy atom. The first-order valence-corrected chi connectivity index (χ1v) is 9.58. The van der Waals surface area contributed by atoms with E-state index in [2.05, 4.69) is 23.8 Å². The second-order valence-electron chi connectivity index (χ2n) is 5.94. The van der Waals surface area contributed by atoms with Crippen molar-refractivity contribution in [3.63, 3.8) is 0 Å². The van der Waals surface area contributed by atoms with Gasteiger partial charge in [-0.2, -0.15) is 0 Å². The number of nitrogens with zero attached hydrogens (tertiary/aromatic N) is 1. The fraction of sp³-hybridized carbons (Fsp3) is 0.562. The molecule has 22 heavy (non-hydrogen) atoms. The van der Waals surface area contributed by atoms with Crippen molar-refractivity contribution < 1.29 is 13.2 Å². The first-order chi connectivity index (χ1) is 10.4. The van der Waals surface area contributed by atoms with Crippen molar-refractivity contribution >= 4 is 15.9 Å². The monoisotopic (exact) mass is 324 g/mol. The van der Waals surface area contributed by atoms with Gasteiger partial charge in [0, 0.05) is 25.6 Å². The number of likely N-dealkylation sites (tertiary alicyclic amines) is 1. The molecule has 0 radical (unpaired) electrons. The Kier molecular flexibility index (Phi) is 5.58. The number of carbonyl (C=O) groups is 1. The number of benzene rings is 1. The van der Waals surface area contributed by atoms with Crippen LogP contribution in [0.5, 0.6) is 0 Å². The Hall–Kier alpha value is -1.40. The zero-order valence-electron chi connectivity index (χ0n) is 13.2. The van der Waals surface area contributed by atoms with Crippen LogP contribution in [0, 0.1) is 0 Å². The van der Waals surface area contributed by atoms with Crippen LogP contribution in [0.3, 0.4) is 0 Å². The number of nitrogens with one attached hydrogen (secondary N) is 1. The standard InChI is InChI=1S/C16H24N2O3S/c1-3-13(14-7-5-4-6-8-14)11-16(19)18-10-9-15(12-18)17-22(2,20)21/h4-8,13,15,17H,3,9-12H2,1-2H3. The van der Waals surface area contributed by atoms with E-state index in [0.717, 1.165) is 12.7 Å². The molecule has 0 spiro atoms. The summed E-state index contributed by atoms with van der Waals surface area (Å²) in [5.74, 6) is 0.323. The molecule has 5 nitrogen and oxygen atoms in total. The van der Waals surface area contributed by atoms with Gasteiger partial charge in [0.05, 0.1) is 6.26 Å². The lowest BCUT2D eigenvalue weighted by molar-refractivity contribution is -0.130. The Balaban J connectivity index is 1.92. The van der Waals surface area contributed by atoms with E-state index in [4.69, 9.17) is 0 Å². The van der Waals surface area contributed by atoms with Crippen LogP contribution in [0.2, 0.25) is 0 Å². The average Bonchev–Trinajstić information content (AvgIpc) is 2.92. The van der Waals surface area contributed by atoms with Crippen LogP contribution in [0.15, 0.2) is 30.3 Å². The number of amides is 1. The lowest BCUT2D eigenvalue weighted by Gasteiger charge is -2.21. The maximum atomic E-state index is 12.4. The van der Waals surface area contributed by atoms with Crippen LogP contribution in [0.1, 0.15) is 37.7 Å². The topological polar surface area (TPSA) is 66.5 Å². The average molecular weight is 324 g/mol. The van der Waals surface area contributed by atoms with Crippen LogP contribution >= 0.6 is 0 Å². The molecule has 1 aromatic rings. The summed E-state index contributed by atoms with van der Waals surface area (Å²) in [6.07, 6.45) is 3.22. The molecular weight excluding hydrogens is 300 g/mol. The van der Waals surface area contributed by atoms with Gasteiger partial charge < -0.3 is 4.90 Å². The van der Waals surface area contributed by atoms with Crippen molar-refractivity contribution in [2.75, 3.05) is 19.3 Å². The van der Waals surface area contributed by atoms with E-state index in [0.29, 0.717) is 25.9 Å². The highest BCUT2D eigenvalue weighted by molar-refractivity contribution is 7.88. The summed E-state index contributed by atoms with van der Waals surface area (Å²) in [5.41, 5.74) is 1.18. The molecule has 0 bridgehead atoms. The van der Waals surface area contributed by atoms with E-state index in [1.165, 1.54) is 5.56 Å². The first kappa shape index (κ1) is 17.0. The lowest BCUT2D eigenvalue weighted by Crippen LogP contribution is -2.38. The fourth-order valence-corrected chi connectivity index (χ4v) is 3.75. The number of carbonyl (C=O) groups excluding carboxylic acids is 1. The van der Waals surface area contributed by atoms with E-state index in [1.54, 1.807) is 4.90 Å². The van der Waals surface area contributed by atoms with Crippen molar-refractivity contribution in [1.82, 2.24) is 9.62 Å². The summed E-state index contributed by atoms with van der Waals surface area (Å²) in [6, 6.07) is 9.91. The van der Waals surface area contributed by atoms with Crippen LogP contribution in [-0.2, 0) is 14.8 Å². The smallest absolute Gasteiger partial charge is 0.223 e. The molecule has 0 aliphatic carbocycles. The number of rotatable bonds is 6. The molecule has 1 N–H and O–H groups in total. The van der Waals surface area contributed by atoms with Gasteiger partial charge in [-0.3, -0.25) is 4.79 Å². The molecule has 1 fully saturated rings. The SMILES string of the molecule is CCC(CC(=O)N1CCC(NS(C)(=O)=O)C1)c1ccccc1. The third kappa shape index (κ3) is 4.81. The van der Waals surface area contributed by atoms with Gasteiger partial charge in [0.25, 0.3) is 0 Å². The molecule has 0 aromatic heterocycles.